The summed E-state index contributed by atoms with van der Waals surface area (Å²) in [6, 6.07) is 4.77. The van der Waals surface area contributed by atoms with Crippen LogP contribution < -0.4 is 15.4 Å². The monoisotopic (exact) mass is 276 g/mol. The Balaban J connectivity index is 2.32. The number of nitrogens with zero attached hydrogens (tertiary/aromatic N) is 2. The fourth-order valence-corrected chi connectivity index (χ4v) is 1.81. The SMILES string of the molecule is CCNc1ncnc(Nc2ccc(F)c(C)c2)c1OC. The number of benzene rings is 1. The molecule has 2 aromatic rings. The second kappa shape index (κ2) is 6.18. The molecular weight excluding hydrogens is 259 g/mol. The number of methoxy groups -OCH3 is 1. The quantitative estimate of drug-likeness (QED) is 0.878. The number of anilines is 3. The Morgan fingerprint density at radius 3 is 2.65 bits per heavy atom. The molecule has 6 heteroatoms. The van der Waals surface area contributed by atoms with Gasteiger partial charge in [-0.2, -0.15) is 0 Å². The van der Waals surface area contributed by atoms with Crippen molar-refractivity contribution in [1.82, 2.24) is 9.97 Å². The first-order valence-electron chi connectivity index (χ1n) is 6.31. The van der Waals surface area contributed by atoms with Gasteiger partial charge in [0.2, 0.25) is 5.75 Å². The van der Waals surface area contributed by atoms with Crippen molar-refractivity contribution in [2.45, 2.75) is 13.8 Å². The fraction of sp³-hybridized carbons (Fsp3) is 0.286. The zero-order valence-electron chi connectivity index (χ0n) is 11.7. The highest BCUT2D eigenvalue weighted by molar-refractivity contribution is 5.69. The van der Waals surface area contributed by atoms with E-state index in [1.807, 2.05) is 6.92 Å². The molecule has 0 atom stereocenters. The molecule has 1 aromatic heterocycles. The molecular formula is C14H17FN4O. The standard InChI is InChI=1S/C14H17FN4O/c1-4-16-13-12(20-3)14(18-8-17-13)19-10-5-6-11(15)9(2)7-10/h5-8H,4H2,1-3H3,(H2,16,17,18,19). The van der Waals surface area contributed by atoms with Crippen LogP contribution in [0.1, 0.15) is 12.5 Å². The van der Waals surface area contributed by atoms with Gasteiger partial charge in [0.1, 0.15) is 12.1 Å². The van der Waals surface area contributed by atoms with E-state index in [1.165, 1.54) is 12.4 Å². The number of aromatic nitrogens is 2. The second-order valence-corrected chi connectivity index (χ2v) is 4.22. The number of hydrogen-bond acceptors (Lipinski definition) is 5. The van der Waals surface area contributed by atoms with Gasteiger partial charge in [-0.05, 0) is 37.6 Å². The number of aryl methyl sites for hydroxylation is 1. The number of halogens is 1. The van der Waals surface area contributed by atoms with Gasteiger partial charge in [0.25, 0.3) is 0 Å². The summed E-state index contributed by atoms with van der Waals surface area (Å²) in [6.07, 6.45) is 1.44. The van der Waals surface area contributed by atoms with Gasteiger partial charge in [-0.15, -0.1) is 0 Å². The van der Waals surface area contributed by atoms with Crippen molar-refractivity contribution in [3.8, 4) is 5.75 Å². The number of rotatable bonds is 5. The molecule has 1 heterocycles. The Hall–Kier alpha value is -2.37. The lowest BCUT2D eigenvalue weighted by Crippen LogP contribution is -2.06. The van der Waals surface area contributed by atoms with Gasteiger partial charge in [-0.1, -0.05) is 0 Å². The summed E-state index contributed by atoms with van der Waals surface area (Å²) in [5, 5.41) is 6.21. The van der Waals surface area contributed by atoms with Crippen LogP contribution in [0.4, 0.5) is 21.7 Å². The van der Waals surface area contributed by atoms with Crippen LogP contribution in [0.25, 0.3) is 0 Å². The minimum absolute atomic E-state index is 0.237. The lowest BCUT2D eigenvalue weighted by molar-refractivity contribution is 0.415. The molecule has 5 nitrogen and oxygen atoms in total. The van der Waals surface area contributed by atoms with Crippen LogP contribution in [-0.4, -0.2) is 23.6 Å². The molecule has 0 aliphatic heterocycles. The third-order valence-electron chi connectivity index (χ3n) is 2.77. The largest absolute Gasteiger partial charge is 0.490 e. The summed E-state index contributed by atoms with van der Waals surface area (Å²) < 4.78 is 18.6. The van der Waals surface area contributed by atoms with E-state index in [4.69, 9.17) is 4.74 Å². The van der Waals surface area contributed by atoms with Gasteiger partial charge in [0.15, 0.2) is 11.6 Å². The van der Waals surface area contributed by atoms with Gasteiger partial charge in [0, 0.05) is 12.2 Å². The molecule has 0 unspecified atom stereocenters. The molecule has 0 fully saturated rings. The summed E-state index contributed by atoms with van der Waals surface area (Å²) in [6.45, 7) is 4.41. The Labute approximate surface area is 117 Å². The van der Waals surface area contributed by atoms with E-state index >= 15 is 0 Å². The molecule has 0 aliphatic carbocycles. The fourth-order valence-electron chi connectivity index (χ4n) is 1.81. The maximum absolute atomic E-state index is 13.3. The molecule has 0 spiro atoms. The van der Waals surface area contributed by atoms with Crippen molar-refractivity contribution in [2.24, 2.45) is 0 Å². The predicted octanol–water partition coefficient (Wildman–Crippen LogP) is 3.11. The van der Waals surface area contributed by atoms with E-state index in [0.29, 0.717) is 22.9 Å². The van der Waals surface area contributed by atoms with Crippen LogP contribution in [0.5, 0.6) is 5.75 Å². The summed E-state index contributed by atoms with van der Waals surface area (Å²) in [7, 11) is 1.56. The first kappa shape index (κ1) is 14.0. The zero-order chi connectivity index (χ0) is 14.5. The minimum atomic E-state index is -0.237. The molecule has 0 radical (unpaired) electrons. The molecule has 0 aliphatic rings. The maximum Gasteiger partial charge on any atom is 0.204 e. The topological polar surface area (TPSA) is 59.1 Å². The van der Waals surface area contributed by atoms with Crippen LogP contribution in [0.15, 0.2) is 24.5 Å². The normalized spacial score (nSPS) is 10.2. The van der Waals surface area contributed by atoms with E-state index < -0.39 is 0 Å². The lowest BCUT2D eigenvalue weighted by Gasteiger charge is -2.13. The summed E-state index contributed by atoms with van der Waals surface area (Å²) in [5.41, 5.74) is 1.30. The predicted molar refractivity (Wildman–Crippen MR) is 77.2 cm³/mol. The van der Waals surface area contributed by atoms with Crippen molar-refractivity contribution in [1.29, 1.82) is 0 Å². The summed E-state index contributed by atoms with van der Waals surface area (Å²) in [5.74, 6) is 1.44. The van der Waals surface area contributed by atoms with E-state index in [-0.39, 0.29) is 5.82 Å². The van der Waals surface area contributed by atoms with Crippen LogP contribution >= 0.6 is 0 Å². The van der Waals surface area contributed by atoms with Gasteiger partial charge < -0.3 is 15.4 Å². The molecule has 0 amide bonds. The first-order chi connectivity index (χ1) is 9.65. The molecule has 2 N–H and O–H groups in total. The Morgan fingerprint density at radius 1 is 1.25 bits per heavy atom. The van der Waals surface area contributed by atoms with Crippen LogP contribution in [0, 0.1) is 12.7 Å². The second-order valence-electron chi connectivity index (χ2n) is 4.22. The van der Waals surface area contributed by atoms with Crippen LogP contribution in [-0.2, 0) is 0 Å². The van der Waals surface area contributed by atoms with Crippen molar-refractivity contribution in [3.05, 3.63) is 35.9 Å². The zero-order valence-corrected chi connectivity index (χ0v) is 11.7. The van der Waals surface area contributed by atoms with E-state index in [0.717, 1.165) is 12.2 Å². The van der Waals surface area contributed by atoms with Gasteiger partial charge >= 0.3 is 0 Å². The van der Waals surface area contributed by atoms with Crippen molar-refractivity contribution in [3.63, 3.8) is 0 Å². The molecule has 0 saturated heterocycles. The van der Waals surface area contributed by atoms with Gasteiger partial charge in [-0.25, -0.2) is 14.4 Å². The molecule has 0 bridgehead atoms. The average Bonchev–Trinajstić information content (AvgIpc) is 2.44. The van der Waals surface area contributed by atoms with Crippen LogP contribution in [0.2, 0.25) is 0 Å². The minimum Gasteiger partial charge on any atom is -0.490 e. The van der Waals surface area contributed by atoms with Crippen molar-refractivity contribution < 1.29 is 9.13 Å². The van der Waals surface area contributed by atoms with E-state index in [9.17, 15) is 4.39 Å². The lowest BCUT2D eigenvalue weighted by atomic mass is 10.2. The number of hydrogen-bond donors (Lipinski definition) is 2. The van der Waals surface area contributed by atoms with Crippen LogP contribution in [0.3, 0.4) is 0 Å². The maximum atomic E-state index is 13.3. The smallest absolute Gasteiger partial charge is 0.204 e. The highest BCUT2D eigenvalue weighted by Crippen LogP contribution is 2.31. The first-order valence-corrected chi connectivity index (χ1v) is 6.31. The Kier molecular flexibility index (Phi) is 4.34. The summed E-state index contributed by atoms with van der Waals surface area (Å²) >= 11 is 0. The molecule has 106 valence electrons. The molecule has 0 saturated carbocycles. The third kappa shape index (κ3) is 2.96. The summed E-state index contributed by atoms with van der Waals surface area (Å²) in [4.78, 5) is 8.28. The molecule has 1 aromatic carbocycles. The van der Waals surface area contributed by atoms with Gasteiger partial charge in [-0.3, -0.25) is 0 Å². The Bertz CT molecular complexity index is 604. The highest BCUT2D eigenvalue weighted by atomic mass is 19.1. The average molecular weight is 276 g/mol. The molecule has 2 rings (SSSR count). The highest BCUT2D eigenvalue weighted by Gasteiger charge is 2.12. The van der Waals surface area contributed by atoms with E-state index in [2.05, 4.69) is 20.6 Å². The molecule has 20 heavy (non-hydrogen) atoms. The Morgan fingerprint density at radius 2 is 2.00 bits per heavy atom. The van der Waals surface area contributed by atoms with Crippen molar-refractivity contribution in [2.75, 3.05) is 24.3 Å². The van der Waals surface area contributed by atoms with E-state index in [1.54, 1.807) is 26.2 Å². The van der Waals surface area contributed by atoms with Crippen molar-refractivity contribution >= 4 is 17.3 Å². The number of nitrogens with one attached hydrogen (secondary N) is 2. The number of ether oxygens (including phenoxy) is 1. The van der Waals surface area contributed by atoms with Gasteiger partial charge in [0.05, 0.1) is 7.11 Å². The third-order valence-corrected chi connectivity index (χ3v) is 2.77.